The summed E-state index contributed by atoms with van der Waals surface area (Å²) in [6.45, 7) is -1.48. The standard InChI is InChI=1S/C20H32O23S3/c1-7-16(42-45(30,31)32)15(24)17(43-46(33,34)35)20(40-7)38-5-9-8(3-36-12(13(9)22)6-39-44(27,28)29)4-37-19-14(23)10(21)2-11(41-19)18(25)26/h2,7-10,12-17,19-24H,3-6H2,1H3,(H,25,26)(H,27,28,29)(H,30,31,32)(H,33,34,35)/t7?,8?,9?,10?,12?,13-,14?,15?,16+,17?,19-,20-/m1/s1. The molecule has 2 saturated heterocycles. The maximum Gasteiger partial charge on any atom is 0.397 e. The van der Waals surface area contributed by atoms with Crippen LogP contribution in [0.15, 0.2) is 11.8 Å². The fraction of sp³-hybridized carbons (Fsp3) is 0.850. The normalized spacial score (nSPS) is 37.7. The molecule has 12 atom stereocenters. The summed E-state index contributed by atoms with van der Waals surface area (Å²) in [6, 6.07) is 0. The molecule has 3 aliphatic heterocycles. The van der Waals surface area contributed by atoms with Gasteiger partial charge in [0, 0.05) is 11.8 Å². The number of carboxylic acid groups (broad SMARTS) is 1. The van der Waals surface area contributed by atoms with Crippen molar-refractivity contribution in [3.8, 4) is 0 Å². The number of carbonyl (C=O) groups is 1. The van der Waals surface area contributed by atoms with Crippen molar-refractivity contribution in [1.82, 2.24) is 0 Å². The van der Waals surface area contributed by atoms with Crippen molar-refractivity contribution >= 4 is 37.2 Å². The molecule has 268 valence electrons. The Morgan fingerprint density at radius 1 is 0.826 bits per heavy atom. The summed E-state index contributed by atoms with van der Waals surface area (Å²) in [5.74, 6) is -4.63. The fourth-order valence-corrected chi connectivity index (χ4v) is 6.04. The van der Waals surface area contributed by atoms with Crippen LogP contribution >= 0.6 is 0 Å². The quantitative estimate of drug-likeness (QED) is 0.0777. The van der Waals surface area contributed by atoms with Gasteiger partial charge >= 0.3 is 37.2 Å². The molecule has 2 fully saturated rings. The number of rotatable bonds is 14. The zero-order valence-corrected chi connectivity index (χ0v) is 25.7. The molecule has 23 nitrogen and oxygen atoms in total. The van der Waals surface area contributed by atoms with Crippen LogP contribution < -0.4 is 0 Å². The molecule has 0 radical (unpaired) electrons. The lowest BCUT2D eigenvalue weighted by molar-refractivity contribution is -0.293. The number of carboxylic acids is 1. The van der Waals surface area contributed by atoms with E-state index in [9.17, 15) is 55.0 Å². The van der Waals surface area contributed by atoms with E-state index in [-0.39, 0.29) is 0 Å². The van der Waals surface area contributed by atoms with Crippen LogP contribution in [0.1, 0.15) is 6.92 Å². The number of aliphatic hydroxyl groups excluding tert-OH is 4. The first-order valence-electron chi connectivity index (χ1n) is 12.8. The Morgan fingerprint density at radius 3 is 1.98 bits per heavy atom. The molecule has 26 heteroatoms. The van der Waals surface area contributed by atoms with E-state index in [0.717, 1.165) is 6.92 Å². The third kappa shape index (κ3) is 10.9. The van der Waals surface area contributed by atoms with Crippen LogP contribution in [0.2, 0.25) is 0 Å². The van der Waals surface area contributed by atoms with Crippen LogP contribution in [0.25, 0.3) is 0 Å². The number of hydrogen-bond donors (Lipinski definition) is 8. The smallest absolute Gasteiger partial charge is 0.397 e. The average molecular weight is 737 g/mol. The third-order valence-corrected chi connectivity index (χ3v) is 8.25. The van der Waals surface area contributed by atoms with E-state index in [1.165, 1.54) is 0 Å². The minimum absolute atomic E-state index is 0.405. The van der Waals surface area contributed by atoms with Gasteiger partial charge in [-0.3, -0.25) is 13.7 Å². The Bertz CT molecular complexity index is 1410. The minimum atomic E-state index is -5.39. The number of hydrogen-bond acceptors (Lipinski definition) is 19. The van der Waals surface area contributed by atoms with Gasteiger partial charge in [-0.1, -0.05) is 0 Å². The second kappa shape index (κ2) is 15.2. The lowest BCUT2D eigenvalue weighted by Crippen LogP contribution is -2.60. The molecule has 0 aliphatic carbocycles. The first-order valence-corrected chi connectivity index (χ1v) is 16.9. The van der Waals surface area contributed by atoms with Crippen LogP contribution in [0.4, 0.5) is 0 Å². The van der Waals surface area contributed by atoms with Gasteiger partial charge in [0.2, 0.25) is 12.0 Å². The van der Waals surface area contributed by atoms with Crippen LogP contribution in [0.5, 0.6) is 0 Å². The topological polar surface area (TPSA) is 355 Å². The molecule has 3 heterocycles. The van der Waals surface area contributed by atoms with Gasteiger partial charge in [0.25, 0.3) is 0 Å². The van der Waals surface area contributed by atoms with E-state index in [1.807, 2.05) is 0 Å². The second-order valence-corrected chi connectivity index (χ2v) is 13.3. The first kappa shape index (κ1) is 38.7. The molecule has 0 aromatic rings. The number of aliphatic carboxylic acids is 1. The van der Waals surface area contributed by atoms with E-state index in [0.29, 0.717) is 6.08 Å². The highest BCUT2D eigenvalue weighted by molar-refractivity contribution is 7.81. The van der Waals surface area contributed by atoms with Crippen molar-refractivity contribution in [2.75, 3.05) is 26.4 Å². The number of ether oxygens (including phenoxy) is 5. The van der Waals surface area contributed by atoms with Gasteiger partial charge in [-0.05, 0) is 13.0 Å². The van der Waals surface area contributed by atoms with E-state index < -0.39 is 143 Å². The highest BCUT2D eigenvalue weighted by Gasteiger charge is 2.50. The SMILES string of the molecule is CC1O[C@@H](OCC2C(CO[C@@H]3OC(C(=O)O)=CC(O)C3O)COC(COS(=O)(=O)O)[C@@H]2O)C(OS(=O)(=O)O)C(O)[C@H]1OS(=O)(=O)O. The van der Waals surface area contributed by atoms with E-state index in [4.69, 9.17) is 37.9 Å². The highest BCUT2D eigenvalue weighted by atomic mass is 32.3. The van der Waals surface area contributed by atoms with Crippen molar-refractivity contribution < 1.29 is 105 Å². The number of aliphatic hydroxyl groups is 4. The zero-order chi connectivity index (χ0) is 34.8. The maximum atomic E-state index is 11.5. The van der Waals surface area contributed by atoms with E-state index >= 15 is 0 Å². The Kier molecular flexibility index (Phi) is 12.8. The fourth-order valence-electron chi connectivity index (χ4n) is 4.70. The summed E-state index contributed by atoms with van der Waals surface area (Å²) in [5.41, 5.74) is 0. The van der Waals surface area contributed by atoms with Crippen LogP contribution in [-0.4, -0.2) is 158 Å². The molecular weight excluding hydrogens is 704 g/mol. The van der Waals surface area contributed by atoms with Gasteiger partial charge in [-0.15, -0.1) is 0 Å². The minimum Gasteiger partial charge on any atom is -0.475 e. The van der Waals surface area contributed by atoms with Crippen molar-refractivity contribution in [2.24, 2.45) is 11.8 Å². The predicted octanol–water partition coefficient (Wildman–Crippen LogP) is -4.64. The Labute approximate surface area is 261 Å². The molecule has 8 unspecified atom stereocenters. The predicted molar refractivity (Wildman–Crippen MR) is 138 cm³/mol. The molecule has 3 aliphatic rings. The Hall–Kier alpha value is -1.70. The summed E-state index contributed by atoms with van der Waals surface area (Å²) >= 11 is 0. The second-order valence-electron chi connectivity index (χ2n) is 10.1. The third-order valence-electron chi connectivity index (χ3n) is 6.88. The van der Waals surface area contributed by atoms with Crippen molar-refractivity contribution in [3.05, 3.63) is 11.8 Å². The molecule has 0 aromatic heterocycles. The van der Waals surface area contributed by atoms with Gasteiger partial charge in [0.1, 0.15) is 30.5 Å². The van der Waals surface area contributed by atoms with Gasteiger partial charge < -0.3 is 49.2 Å². The van der Waals surface area contributed by atoms with Gasteiger partial charge in [0.15, 0.2) is 12.4 Å². The van der Waals surface area contributed by atoms with Crippen LogP contribution in [0, 0.1) is 11.8 Å². The lowest BCUT2D eigenvalue weighted by Gasteiger charge is -2.44. The monoisotopic (exact) mass is 736 g/mol. The Morgan fingerprint density at radius 2 is 1.41 bits per heavy atom. The van der Waals surface area contributed by atoms with Gasteiger partial charge in [-0.25, -0.2) is 17.3 Å². The molecule has 0 amide bonds. The molecular formula is C20H32O23S3. The maximum absolute atomic E-state index is 11.5. The molecule has 0 spiro atoms. The Balaban J connectivity index is 1.82. The van der Waals surface area contributed by atoms with Crippen LogP contribution in [0.3, 0.4) is 0 Å². The van der Waals surface area contributed by atoms with Crippen molar-refractivity contribution in [1.29, 1.82) is 0 Å². The average Bonchev–Trinajstić information content (AvgIpc) is 2.90. The molecule has 46 heavy (non-hydrogen) atoms. The lowest BCUT2D eigenvalue weighted by atomic mass is 9.84. The van der Waals surface area contributed by atoms with Gasteiger partial charge in [-0.2, -0.15) is 25.3 Å². The molecule has 8 N–H and O–H groups in total. The highest BCUT2D eigenvalue weighted by Crippen LogP contribution is 2.33. The summed E-state index contributed by atoms with van der Waals surface area (Å²) in [4.78, 5) is 11.3. The largest absolute Gasteiger partial charge is 0.475 e. The van der Waals surface area contributed by atoms with Crippen molar-refractivity contribution in [3.63, 3.8) is 0 Å². The summed E-state index contributed by atoms with van der Waals surface area (Å²) in [5, 5.41) is 50.9. The van der Waals surface area contributed by atoms with E-state index in [2.05, 4.69) is 12.5 Å². The van der Waals surface area contributed by atoms with E-state index in [1.54, 1.807) is 0 Å². The van der Waals surface area contributed by atoms with Crippen molar-refractivity contribution in [2.45, 2.75) is 68.3 Å². The molecule has 0 saturated carbocycles. The van der Waals surface area contributed by atoms with Gasteiger partial charge in [0.05, 0.1) is 38.6 Å². The first-order chi connectivity index (χ1) is 21.1. The zero-order valence-electron chi connectivity index (χ0n) is 23.3. The summed E-state index contributed by atoms with van der Waals surface area (Å²) < 4.78 is 134. The van der Waals surface area contributed by atoms with Crippen LogP contribution in [-0.2, 0) is 72.2 Å². The molecule has 0 aromatic carbocycles. The summed E-state index contributed by atoms with van der Waals surface area (Å²) in [7, 11) is -15.6. The summed E-state index contributed by atoms with van der Waals surface area (Å²) in [6.07, 6.45) is -17.7. The molecule has 0 bridgehead atoms. The molecule has 3 rings (SSSR count).